The topological polar surface area (TPSA) is 33.1 Å². The number of rotatable bonds is 2. The van der Waals surface area contributed by atoms with E-state index in [9.17, 15) is 5.11 Å². The van der Waals surface area contributed by atoms with Gasteiger partial charge in [0.2, 0.25) is 0 Å². The zero-order valence-corrected chi connectivity index (χ0v) is 10.3. The molecule has 0 atom stereocenters. The Hall–Kier alpha value is -1.41. The molecule has 0 unspecified atom stereocenters. The van der Waals surface area contributed by atoms with E-state index in [0.717, 1.165) is 23.8 Å². The number of nitrogens with zero attached hydrogens (tertiary/aromatic N) is 1. The lowest BCUT2D eigenvalue weighted by Crippen LogP contribution is -2.04. The average molecular weight is 227 g/mol. The fraction of sp³-hybridized carbons (Fsp3) is 0.400. The molecule has 0 radical (unpaired) electrons. The van der Waals surface area contributed by atoms with Crippen molar-refractivity contribution in [1.29, 1.82) is 0 Å². The van der Waals surface area contributed by atoms with Gasteiger partial charge in [-0.3, -0.25) is 4.98 Å². The van der Waals surface area contributed by atoms with Gasteiger partial charge in [0.1, 0.15) is 0 Å². The summed E-state index contributed by atoms with van der Waals surface area (Å²) in [6.07, 6.45) is 5.60. The second kappa shape index (κ2) is 3.54. The molecule has 2 aromatic rings. The van der Waals surface area contributed by atoms with Crippen LogP contribution in [0.15, 0.2) is 30.6 Å². The van der Waals surface area contributed by atoms with Crippen LogP contribution in [0.3, 0.4) is 0 Å². The van der Waals surface area contributed by atoms with E-state index in [-0.39, 0.29) is 0 Å². The van der Waals surface area contributed by atoms with E-state index in [1.54, 1.807) is 0 Å². The Labute approximate surface area is 101 Å². The maximum atomic E-state index is 10.1. The van der Waals surface area contributed by atoms with Crippen molar-refractivity contribution in [1.82, 2.24) is 4.98 Å². The summed E-state index contributed by atoms with van der Waals surface area (Å²) in [6.45, 7) is 4.36. The van der Waals surface area contributed by atoms with E-state index in [1.165, 1.54) is 10.9 Å². The Bertz CT molecular complexity index is 570. The molecule has 17 heavy (non-hydrogen) atoms. The molecule has 1 aliphatic rings. The van der Waals surface area contributed by atoms with Crippen LogP contribution in [0.25, 0.3) is 10.8 Å². The largest absolute Gasteiger partial charge is 0.385 e. The Morgan fingerprint density at radius 3 is 2.65 bits per heavy atom. The van der Waals surface area contributed by atoms with E-state index in [0.29, 0.717) is 5.92 Å². The number of aromatic nitrogens is 1. The van der Waals surface area contributed by atoms with Crippen molar-refractivity contribution in [3.05, 3.63) is 41.7 Å². The van der Waals surface area contributed by atoms with E-state index < -0.39 is 5.60 Å². The summed E-state index contributed by atoms with van der Waals surface area (Å²) in [5.41, 5.74) is 1.76. The zero-order chi connectivity index (χ0) is 12.0. The van der Waals surface area contributed by atoms with Crippen molar-refractivity contribution in [3.8, 4) is 0 Å². The predicted octanol–water partition coefficient (Wildman–Crippen LogP) is 3.34. The second-order valence-corrected chi connectivity index (χ2v) is 5.35. The van der Waals surface area contributed by atoms with Gasteiger partial charge in [-0.2, -0.15) is 0 Å². The van der Waals surface area contributed by atoms with Gasteiger partial charge in [0, 0.05) is 17.8 Å². The molecule has 0 amide bonds. The maximum absolute atomic E-state index is 10.1. The molecule has 0 spiro atoms. The highest BCUT2D eigenvalue weighted by molar-refractivity contribution is 5.86. The standard InChI is InChI=1S/C15H17NO/c1-10(2)14-9-16-8-11-7-12(3-4-13(11)14)15(17)5-6-15/h3-4,7-10,17H,5-6H2,1-2H3. The number of hydrogen-bond acceptors (Lipinski definition) is 2. The molecule has 2 nitrogen and oxygen atoms in total. The Kier molecular flexibility index (Phi) is 2.23. The number of hydrogen-bond donors (Lipinski definition) is 1. The first kappa shape index (κ1) is 10.7. The monoisotopic (exact) mass is 227 g/mol. The van der Waals surface area contributed by atoms with Crippen LogP contribution in [-0.4, -0.2) is 10.1 Å². The van der Waals surface area contributed by atoms with Crippen molar-refractivity contribution >= 4 is 10.8 Å². The summed E-state index contributed by atoms with van der Waals surface area (Å²) in [5, 5.41) is 12.5. The average Bonchev–Trinajstić information content (AvgIpc) is 3.07. The minimum atomic E-state index is -0.554. The third-order valence-corrected chi connectivity index (χ3v) is 3.67. The summed E-state index contributed by atoms with van der Waals surface area (Å²) in [7, 11) is 0. The molecule has 1 aromatic carbocycles. The van der Waals surface area contributed by atoms with E-state index in [2.05, 4.69) is 37.0 Å². The summed E-state index contributed by atoms with van der Waals surface area (Å²) in [5.74, 6) is 0.473. The lowest BCUT2D eigenvalue weighted by molar-refractivity contribution is 0.151. The van der Waals surface area contributed by atoms with Crippen LogP contribution in [0.2, 0.25) is 0 Å². The molecule has 0 saturated heterocycles. The van der Waals surface area contributed by atoms with Gasteiger partial charge in [0.05, 0.1) is 5.60 Å². The fourth-order valence-electron chi connectivity index (χ4n) is 2.36. The van der Waals surface area contributed by atoms with Crippen molar-refractivity contribution in [3.63, 3.8) is 0 Å². The number of fused-ring (bicyclic) bond motifs is 1. The molecule has 88 valence electrons. The third-order valence-electron chi connectivity index (χ3n) is 3.67. The summed E-state index contributed by atoms with van der Waals surface area (Å²) < 4.78 is 0. The van der Waals surface area contributed by atoms with Crippen molar-refractivity contribution in [2.24, 2.45) is 0 Å². The number of pyridine rings is 1. The SMILES string of the molecule is CC(C)c1cncc2cc(C3(O)CC3)ccc12. The van der Waals surface area contributed by atoms with Gasteiger partial charge in [-0.25, -0.2) is 0 Å². The molecule has 1 fully saturated rings. The molecule has 1 N–H and O–H groups in total. The van der Waals surface area contributed by atoms with E-state index in [1.807, 2.05) is 12.4 Å². The Morgan fingerprint density at radius 2 is 2.00 bits per heavy atom. The lowest BCUT2D eigenvalue weighted by atomic mass is 9.96. The number of benzene rings is 1. The summed E-state index contributed by atoms with van der Waals surface area (Å²) in [4.78, 5) is 4.30. The lowest BCUT2D eigenvalue weighted by Gasteiger charge is -2.12. The molecule has 1 aromatic heterocycles. The highest BCUT2D eigenvalue weighted by Gasteiger charge is 2.42. The van der Waals surface area contributed by atoms with Crippen LogP contribution in [0.5, 0.6) is 0 Å². The second-order valence-electron chi connectivity index (χ2n) is 5.35. The van der Waals surface area contributed by atoms with Gasteiger partial charge in [0.25, 0.3) is 0 Å². The first-order valence-electron chi connectivity index (χ1n) is 6.21. The van der Waals surface area contributed by atoms with Crippen LogP contribution < -0.4 is 0 Å². The van der Waals surface area contributed by atoms with Crippen LogP contribution in [0.4, 0.5) is 0 Å². The molecule has 2 heteroatoms. The van der Waals surface area contributed by atoms with Gasteiger partial charge in [-0.15, -0.1) is 0 Å². The van der Waals surface area contributed by atoms with Gasteiger partial charge >= 0.3 is 0 Å². The molecular weight excluding hydrogens is 210 g/mol. The minimum Gasteiger partial charge on any atom is -0.385 e. The highest BCUT2D eigenvalue weighted by Crippen LogP contribution is 2.46. The molecule has 1 saturated carbocycles. The van der Waals surface area contributed by atoms with Crippen molar-refractivity contribution in [2.75, 3.05) is 0 Å². The smallest absolute Gasteiger partial charge is 0.0899 e. The molecule has 3 rings (SSSR count). The molecular formula is C15H17NO. The third kappa shape index (κ3) is 1.73. The highest BCUT2D eigenvalue weighted by atomic mass is 16.3. The maximum Gasteiger partial charge on any atom is 0.0899 e. The molecule has 1 aliphatic carbocycles. The normalized spacial score (nSPS) is 17.6. The summed E-state index contributed by atoms with van der Waals surface area (Å²) >= 11 is 0. The summed E-state index contributed by atoms with van der Waals surface area (Å²) in [6, 6.07) is 6.26. The Balaban J connectivity index is 2.18. The van der Waals surface area contributed by atoms with Crippen LogP contribution in [-0.2, 0) is 5.60 Å². The Morgan fingerprint density at radius 1 is 1.24 bits per heavy atom. The molecule has 1 heterocycles. The molecule has 0 aliphatic heterocycles. The van der Waals surface area contributed by atoms with Gasteiger partial charge in [-0.1, -0.05) is 26.0 Å². The van der Waals surface area contributed by atoms with E-state index in [4.69, 9.17) is 0 Å². The van der Waals surface area contributed by atoms with E-state index >= 15 is 0 Å². The predicted molar refractivity (Wildman–Crippen MR) is 69.0 cm³/mol. The first-order valence-corrected chi connectivity index (χ1v) is 6.21. The van der Waals surface area contributed by atoms with Crippen molar-refractivity contribution < 1.29 is 5.11 Å². The number of aliphatic hydroxyl groups is 1. The van der Waals surface area contributed by atoms with Crippen LogP contribution in [0.1, 0.15) is 43.7 Å². The van der Waals surface area contributed by atoms with Gasteiger partial charge in [0.15, 0.2) is 0 Å². The quantitative estimate of drug-likeness (QED) is 0.853. The van der Waals surface area contributed by atoms with Crippen LogP contribution in [0, 0.1) is 0 Å². The van der Waals surface area contributed by atoms with Gasteiger partial charge < -0.3 is 5.11 Å². The zero-order valence-electron chi connectivity index (χ0n) is 10.3. The van der Waals surface area contributed by atoms with Crippen molar-refractivity contribution in [2.45, 2.75) is 38.2 Å². The fourth-order valence-corrected chi connectivity index (χ4v) is 2.36. The first-order chi connectivity index (χ1) is 8.10. The minimum absolute atomic E-state index is 0.473. The van der Waals surface area contributed by atoms with Crippen LogP contribution >= 0.6 is 0 Å². The molecule has 0 bridgehead atoms. The van der Waals surface area contributed by atoms with Gasteiger partial charge in [-0.05, 0) is 41.3 Å².